The molecule has 4 nitrogen and oxygen atoms in total. The zero-order chi connectivity index (χ0) is 10.9. The van der Waals surface area contributed by atoms with Crippen molar-refractivity contribution in [2.75, 3.05) is 26.9 Å². The van der Waals surface area contributed by atoms with Crippen LogP contribution in [0.1, 0.15) is 12.0 Å². The van der Waals surface area contributed by atoms with Gasteiger partial charge in [0.1, 0.15) is 6.67 Å². The monoisotopic (exact) mass is 215 g/mol. The van der Waals surface area contributed by atoms with Crippen LogP contribution in [0.5, 0.6) is 0 Å². The molecule has 1 rings (SSSR count). The number of halogens is 1. The predicted molar refractivity (Wildman–Crippen MR) is 56.4 cm³/mol. The minimum absolute atomic E-state index is 0.337. The zero-order valence-electron chi connectivity index (χ0n) is 9.08. The average Bonchev–Trinajstić information content (AvgIpc) is 2.66. The van der Waals surface area contributed by atoms with Crippen molar-refractivity contribution in [2.24, 2.45) is 0 Å². The van der Waals surface area contributed by atoms with Crippen LogP contribution in [0.15, 0.2) is 12.4 Å². The number of alkyl halides is 1. The maximum Gasteiger partial charge on any atom is 0.109 e. The van der Waals surface area contributed by atoms with Crippen molar-refractivity contribution in [1.82, 2.24) is 15.1 Å². The van der Waals surface area contributed by atoms with E-state index in [1.54, 1.807) is 18.0 Å². The van der Waals surface area contributed by atoms with Gasteiger partial charge >= 0.3 is 0 Å². The van der Waals surface area contributed by atoms with E-state index in [4.69, 9.17) is 4.74 Å². The first-order chi connectivity index (χ1) is 7.36. The largest absolute Gasteiger partial charge is 0.385 e. The third-order valence-corrected chi connectivity index (χ3v) is 2.03. The number of aromatic nitrogens is 2. The SMILES string of the molecule is COCCCNCc1cnn(CCF)c1. The van der Waals surface area contributed by atoms with E-state index in [2.05, 4.69) is 10.4 Å². The summed E-state index contributed by atoms with van der Waals surface area (Å²) in [6, 6.07) is 0. The lowest BCUT2D eigenvalue weighted by Gasteiger charge is -2.01. The summed E-state index contributed by atoms with van der Waals surface area (Å²) in [6.07, 6.45) is 4.62. The van der Waals surface area contributed by atoms with Crippen molar-refractivity contribution in [3.8, 4) is 0 Å². The molecule has 0 amide bonds. The van der Waals surface area contributed by atoms with Crippen molar-refractivity contribution >= 4 is 0 Å². The molecule has 0 saturated heterocycles. The number of methoxy groups -OCH3 is 1. The number of nitrogens with zero attached hydrogens (tertiary/aromatic N) is 2. The van der Waals surface area contributed by atoms with Crippen LogP contribution in [0.3, 0.4) is 0 Å². The van der Waals surface area contributed by atoms with E-state index in [-0.39, 0.29) is 6.67 Å². The Morgan fingerprint density at radius 1 is 1.60 bits per heavy atom. The van der Waals surface area contributed by atoms with Gasteiger partial charge in [-0.05, 0) is 13.0 Å². The maximum absolute atomic E-state index is 12.0. The van der Waals surface area contributed by atoms with E-state index >= 15 is 0 Å². The van der Waals surface area contributed by atoms with E-state index in [1.807, 2.05) is 6.20 Å². The average molecular weight is 215 g/mol. The van der Waals surface area contributed by atoms with Crippen molar-refractivity contribution in [3.63, 3.8) is 0 Å². The lowest BCUT2D eigenvalue weighted by molar-refractivity contribution is 0.194. The van der Waals surface area contributed by atoms with Crippen molar-refractivity contribution < 1.29 is 9.13 Å². The number of hydrogen-bond acceptors (Lipinski definition) is 3. The van der Waals surface area contributed by atoms with Crippen molar-refractivity contribution in [2.45, 2.75) is 19.5 Å². The molecule has 1 aromatic rings. The highest BCUT2D eigenvalue weighted by Crippen LogP contribution is 1.97. The van der Waals surface area contributed by atoms with Gasteiger partial charge in [-0.1, -0.05) is 0 Å². The number of nitrogens with one attached hydrogen (secondary N) is 1. The molecule has 5 heteroatoms. The predicted octanol–water partition coefficient (Wildman–Crippen LogP) is 0.979. The molecule has 0 aromatic carbocycles. The minimum atomic E-state index is -0.373. The summed E-state index contributed by atoms with van der Waals surface area (Å²) in [5.41, 5.74) is 1.08. The number of rotatable bonds is 8. The summed E-state index contributed by atoms with van der Waals surface area (Å²) >= 11 is 0. The summed E-state index contributed by atoms with van der Waals surface area (Å²) in [5.74, 6) is 0. The van der Waals surface area contributed by atoms with Gasteiger partial charge < -0.3 is 10.1 Å². The van der Waals surface area contributed by atoms with Crippen molar-refractivity contribution in [3.05, 3.63) is 18.0 Å². The zero-order valence-corrected chi connectivity index (χ0v) is 9.08. The highest BCUT2D eigenvalue weighted by molar-refractivity contribution is 5.03. The van der Waals surface area contributed by atoms with Gasteiger partial charge in [-0.2, -0.15) is 5.10 Å². The second kappa shape index (κ2) is 7.36. The second-order valence-electron chi connectivity index (χ2n) is 3.32. The Hall–Kier alpha value is -0.940. The van der Waals surface area contributed by atoms with Crippen LogP contribution in [-0.4, -0.2) is 36.7 Å². The summed E-state index contributed by atoms with van der Waals surface area (Å²) in [4.78, 5) is 0. The molecule has 0 spiro atoms. The van der Waals surface area contributed by atoms with Gasteiger partial charge in [-0.15, -0.1) is 0 Å². The maximum atomic E-state index is 12.0. The normalized spacial score (nSPS) is 10.8. The highest BCUT2D eigenvalue weighted by Gasteiger charge is 1.97. The minimum Gasteiger partial charge on any atom is -0.385 e. The number of aryl methyl sites for hydroxylation is 1. The summed E-state index contributed by atoms with van der Waals surface area (Å²) < 4.78 is 18.5. The fourth-order valence-electron chi connectivity index (χ4n) is 1.28. The van der Waals surface area contributed by atoms with Crippen molar-refractivity contribution in [1.29, 1.82) is 0 Å². The van der Waals surface area contributed by atoms with Crippen LogP contribution < -0.4 is 5.32 Å². The first-order valence-electron chi connectivity index (χ1n) is 5.13. The third kappa shape index (κ3) is 4.90. The van der Waals surface area contributed by atoms with Gasteiger partial charge in [-0.25, -0.2) is 4.39 Å². The van der Waals surface area contributed by atoms with Crippen LogP contribution in [0.4, 0.5) is 4.39 Å². The van der Waals surface area contributed by atoms with Gasteiger partial charge in [0.05, 0.1) is 12.7 Å². The molecule has 1 aromatic heterocycles. The molecule has 1 N–H and O–H groups in total. The molecule has 0 bridgehead atoms. The Kier molecular flexibility index (Phi) is 5.96. The quantitative estimate of drug-likeness (QED) is 0.657. The summed E-state index contributed by atoms with van der Waals surface area (Å²) in [7, 11) is 1.70. The molecule has 1 heterocycles. The van der Waals surface area contributed by atoms with E-state index in [1.165, 1.54) is 0 Å². The Balaban J connectivity index is 2.14. The Morgan fingerprint density at radius 3 is 3.20 bits per heavy atom. The number of ether oxygens (including phenoxy) is 1. The van der Waals surface area contributed by atoms with Crippen LogP contribution in [0, 0.1) is 0 Å². The van der Waals surface area contributed by atoms with Crippen LogP contribution >= 0.6 is 0 Å². The molecule has 0 saturated carbocycles. The van der Waals surface area contributed by atoms with Crippen LogP contribution in [-0.2, 0) is 17.8 Å². The fraction of sp³-hybridized carbons (Fsp3) is 0.700. The van der Waals surface area contributed by atoms with Crippen LogP contribution in [0.2, 0.25) is 0 Å². The summed E-state index contributed by atoms with van der Waals surface area (Å²) in [5, 5.41) is 7.30. The highest BCUT2D eigenvalue weighted by atomic mass is 19.1. The number of hydrogen-bond donors (Lipinski definition) is 1. The Bertz CT molecular complexity index is 265. The first-order valence-corrected chi connectivity index (χ1v) is 5.13. The molecule has 0 fully saturated rings. The molecular formula is C10H18FN3O. The van der Waals surface area contributed by atoms with Gasteiger partial charge in [0, 0.05) is 32.0 Å². The molecule has 0 aliphatic heterocycles. The molecule has 0 atom stereocenters. The molecule has 0 aliphatic carbocycles. The molecule has 86 valence electrons. The first kappa shape index (κ1) is 12.1. The van der Waals surface area contributed by atoms with E-state index in [0.29, 0.717) is 6.54 Å². The smallest absolute Gasteiger partial charge is 0.109 e. The Labute approximate surface area is 89.4 Å². The molecule has 0 unspecified atom stereocenters. The van der Waals surface area contributed by atoms with Gasteiger partial charge in [0.25, 0.3) is 0 Å². The third-order valence-electron chi connectivity index (χ3n) is 2.03. The second-order valence-corrected chi connectivity index (χ2v) is 3.32. The standard InChI is InChI=1S/C10H18FN3O/c1-15-6-2-4-12-7-10-8-13-14(9-10)5-3-11/h8-9,12H,2-7H2,1H3. The van der Waals surface area contributed by atoms with E-state index < -0.39 is 0 Å². The van der Waals surface area contributed by atoms with E-state index in [0.717, 1.165) is 31.7 Å². The van der Waals surface area contributed by atoms with E-state index in [9.17, 15) is 4.39 Å². The Morgan fingerprint density at radius 2 is 2.47 bits per heavy atom. The molecule has 0 aliphatic rings. The van der Waals surface area contributed by atoms with Gasteiger partial charge in [0.2, 0.25) is 0 Å². The topological polar surface area (TPSA) is 39.1 Å². The molecule has 15 heavy (non-hydrogen) atoms. The lowest BCUT2D eigenvalue weighted by atomic mass is 10.3. The van der Waals surface area contributed by atoms with Gasteiger partial charge in [-0.3, -0.25) is 4.68 Å². The van der Waals surface area contributed by atoms with Gasteiger partial charge in [0.15, 0.2) is 0 Å². The lowest BCUT2D eigenvalue weighted by Crippen LogP contribution is -2.15. The molecular weight excluding hydrogens is 197 g/mol. The van der Waals surface area contributed by atoms with Crippen LogP contribution in [0.25, 0.3) is 0 Å². The molecule has 0 radical (unpaired) electrons. The summed E-state index contributed by atoms with van der Waals surface area (Å²) in [6.45, 7) is 2.43. The fourth-order valence-corrected chi connectivity index (χ4v) is 1.28.